The molecule has 0 amide bonds. The van der Waals surface area contributed by atoms with Gasteiger partial charge in [-0.3, -0.25) is 0 Å². The van der Waals surface area contributed by atoms with E-state index in [0.29, 0.717) is 12.4 Å². The number of nitrogens with one attached hydrogen (secondary N) is 1. The molecule has 0 aliphatic carbocycles. The number of rotatable bonds is 8. The van der Waals surface area contributed by atoms with E-state index in [1.165, 1.54) is 0 Å². The van der Waals surface area contributed by atoms with Gasteiger partial charge < -0.3 is 15.2 Å². The van der Waals surface area contributed by atoms with E-state index >= 15 is 0 Å². The SMILES string of the molecule is C=CCCOCCNC(C)c1cccc(O)c1. The van der Waals surface area contributed by atoms with Crippen molar-refractivity contribution in [1.82, 2.24) is 5.32 Å². The van der Waals surface area contributed by atoms with Gasteiger partial charge in [0, 0.05) is 12.6 Å². The van der Waals surface area contributed by atoms with Gasteiger partial charge in [0.15, 0.2) is 0 Å². The van der Waals surface area contributed by atoms with Crippen molar-refractivity contribution >= 4 is 0 Å². The number of phenolic OH excluding ortho intramolecular Hbond substituents is 1. The van der Waals surface area contributed by atoms with Crippen LogP contribution in [0.25, 0.3) is 0 Å². The van der Waals surface area contributed by atoms with E-state index in [4.69, 9.17) is 4.74 Å². The molecule has 0 aromatic heterocycles. The summed E-state index contributed by atoms with van der Waals surface area (Å²) >= 11 is 0. The lowest BCUT2D eigenvalue weighted by atomic mass is 10.1. The Morgan fingerprint density at radius 3 is 3.00 bits per heavy atom. The summed E-state index contributed by atoms with van der Waals surface area (Å²) in [6, 6.07) is 7.51. The summed E-state index contributed by atoms with van der Waals surface area (Å²) < 4.78 is 5.40. The monoisotopic (exact) mass is 235 g/mol. The molecule has 0 spiro atoms. The van der Waals surface area contributed by atoms with E-state index in [9.17, 15) is 5.11 Å². The molecule has 0 aliphatic heterocycles. The fourth-order valence-corrected chi connectivity index (χ4v) is 1.53. The quantitative estimate of drug-likeness (QED) is 0.537. The third kappa shape index (κ3) is 5.52. The summed E-state index contributed by atoms with van der Waals surface area (Å²) in [5, 5.41) is 12.7. The van der Waals surface area contributed by atoms with Gasteiger partial charge in [-0.1, -0.05) is 18.2 Å². The molecule has 0 radical (unpaired) electrons. The summed E-state index contributed by atoms with van der Waals surface area (Å²) in [6.45, 7) is 7.92. The minimum atomic E-state index is 0.213. The predicted molar refractivity (Wildman–Crippen MR) is 70.2 cm³/mol. The molecule has 0 saturated carbocycles. The molecule has 0 saturated heterocycles. The first kappa shape index (κ1) is 13.7. The van der Waals surface area contributed by atoms with Crippen molar-refractivity contribution in [1.29, 1.82) is 0 Å². The Bertz CT molecular complexity index is 339. The van der Waals surface area contributed by atoms with Crippen LogP contribution >= 0.6 is 0 Å². The Labute approximate surface area is 103 Å². The molecule has 1 aromatic rings. The van der Waals surface area contributed by atoms with Crippen LogP contribution in [0.3, 0.4) is 0 Å². The van der Waals surface area contributed by atoms with Gasteiger partial charge in [-0.15, -0.1) is 6.58 Å². The molecule has 0 fully saturated rings. The van der Waals surface area contributed by atoms with Crippen molar-refractivity contribution in [2.24, 2.45) is 0 Å². The van der Waals surface area contributed by atoms with Gasteiger partial charge in [0.1, 0.15) is 5.75 Å². The Hall–Kier alpha value is -1.32. The zero-order valence-electron chi connectivity index (χ0n) is 10.4. The maximum atomic E-state index is 9.37. The van der Waals surface area contributed by atoms with Crippen molar-refractivity contribution < 1.29 is 9.84 Å². The molecular weight excluding hydrogens is 214 g/mol. The number of aromatic hydroxyl groups is 1. The first-order valence-electron chi connectivity index (χ1n) is 5.95. The van der Waals surface area contributed by atoms with Gasteiger partial charge >= 0.3 is 0 Å². The summed E-state index contributed by atoms with van der Waals surface area (Å²) in [4.78, 5) is 0. The van der Waals surface area contributed by atoms with Crippen molar-refractivity contribution in [3.8, 4) is 5.75 Å². The summed E-state index contributed by atoms with van der Waals surface area (Å²) in [5.41, 5.74) is 1.08. The second-order valence-electron chi connectivity index (χ2n) is 3.96. The first-order chi connectivity index (χ1) is 8.24. The number of benzene rings is 1. The van der Waals surface area contributed by atoms with Crippen molar-refractivity contribution in [2.75, 3.05) is 19.8 Å². The van der Waals surface area contributed by atoms with Crippen LogP contribution in [0.5, 0.6) is 5.75 Å². The van der Waals surface area contributed by atoms with E-state index in [0.717, 1.165) is 25.1 Å². The van der Waals surface area contributed by atoms with Crippen LogP contribution in [0.1, 0.15) is 24.9 Å². The highest BCUT2D eigenvalue weighted by Crippen LogP contribution is 2.17. The highest BCUT2D eigenvalue weighted by molar-refractivity contribution is 5.28. The number of hydrogen-bond acceptors (Lipinski definition) is 3. The maximum Gasteiger partial charge on any atom is 0.115 e. The molecular formula is C14H21NO2. The van der Waals surface area contributed by atoms with Gasteiger partial charge in [0.2, 0.25) is 0 Å². The Morgan fingerprint density at radius 1 is 1.47 bits per heavy atom. The Balaban J connectivity index is 2.21. The zero-order valence-corrected chi connectivity index (χ0v) is 10.4. The lowest BCUT2D eigenvalue weighted by Crippen LogP contribution is -2.23. The fourth-order valence-electron chi connectivity index (χ4n) is 1.53. The third-order valence-electron chi connectivity index (χ3n) is 2.53. The first-order valence-corrected chi connectivity index (χ1v) is 5.95. The second-order valence-corrected chi connectivity index (χ2v) is 3.96. The molecule has 0 bridgehead atoms. The number of phenols is 1. The van der Waals surface area contributed by atoms with E-state index < -0.39 is 0 Å². The normalized spacial score (nSPS) is 12.3. The van der Waals surface area contributed by atoms with E-state index in [1.54, 1.807) is 12.1 Å². The highest BCUT2D eigenvalue weighted by Gasteiger charge is 2.04. The van der Waals surface area contributed by atoms with E-state index in [1.807, 2.05) is 18.2 Å². The molecule has 1 rings (SSSR count). The average Bonchev–Trinajstić information content (AvgIpc) is 2.33. The minimum absolute atomic E-state index is 0.213. The van der Waals surface area contributed by atoms with Crippen molar-refractivity contribution in [3.63, 3.8) is 0 Å². The van der Waals surface area contributed by atoms with E-state index in [2.05, 4.69) is 18.8 Å². The molecule has 1 unspecified atom stereocenters. The third-order valence-corrected chi connectivity index (χ3v) is 2.53. The predicted octanol–water partition coefficient (Wildman–Crippen LogP) is 2.64. The lowest BCUT2D eigenvalue weighted by molar-refractivity contribution is 0.138. The van der Waals surface area contributed by atoms with Crippen LogP contribution in [0, 0.1) is 0 Å². The van der Waals surface area contributed by atoms with Crippen LogP contribution in [-0.2, 0) is 4.74 Å². The Kier molecular flexibility index (Phi) is 6.37. The summed E-state index contributed by atoms with van der Waals surface area (Å²) in [7, 11) is 0. The van der Waals surface area contributed by atoms with Crippen LogP contribution in [0.2, 0.25) is 0 Å². The van der Waals surface area contributed by atoms with Crippen molar-refractivity contribution in [2.45, 2.75) is 19.4 Å². The van der Waals surface area contributed by atoms with Gasteiger partial charge in [-0.2, -0.15) is 0 Å². The maximum absolute atomic E-state index is 9.37. The van der Waals surface area contributed by atoms with Crippen LogP contribution in [-0.4, -0.2) is 24.9 Å². The zero-order chi connectivity index (χ0) is 12.5. The van der Waals surface area contributed by atoms with Gasteiger partial charge in [-0.05, 0) is 31.0 Å². The second kappa shape index (κ2) is 7.87. The molecule has 3 heteroatoms. The standard InChI is InChI=1S/C14H21NO2/c1-3-4-9-17-10-8-15-12(2)13-6-5-7-14(16)11-13/h3,5-7,11-12,15-16H,1,4,8-10H2,2H3. The Morgan fingerprint density at radius 2 is 2.29 bits per heavy atom. The van der Waals surface area contributed by atoms with Crippen LogP contribution < -0.4 is 5.32 Å². The number of ether oxygens (including phenoxy) is 1. The molecule has 0 aliphatic rings. The lowest BCUT2D eigenvalue weighted by Gasteiger charge is -2.14. The molecule has 0 heterocycles. The summed E-state index contributed by atoms with van der Waals surface area (Å²) in [5.74, 6) is 0.304. The van der Waals surface area contributed by atoms with Gasteiger partial charge in [-0.25, -0.2) is 0 Å². The van der Waals surface area contributed by atoms with Gasteiger partial charge in [0.05, 0.1) is 13.2 Å². The molecule has 2 N–H and O–H groups in total. The van der Waals surface area contributed by atoms with Crippen LogP contribution in [0.4, 0.5) is 0 Å². The summed E-state index contributed by atoms with van der Waals surface area (Å²) in [6.07, 6.45) is 2.74. The molecule has 3 nitrogen and oxygen atoms in total. The number of hydrogen-bond donors (Lipinski definition) is 2. The molecule has 17 heavy (non-hydrogen) atoms. The van der Waals surface area contributed by atoms with E-state index in [-0.39, 0.29) is 6.04 Å². The van der Waals surface area contributed by atoms with Crippen molar-refractivity contribution in [3.05, 3.63) is 42.5 Å². The fraction of sp³-hybridized carbons (Fsp3) is 0.429. The average molecular weight is 235 g/mol. The smallest absolute Gasteiger partial charge is 0.115 e. The van der Waals surface area contributed by atoms with Crippen LogP contribution in [0.15, 0.2) is 36.9 Å². The molecule has 1 atom stereocenters. The topological polar surface area (TPSA) is 41.5 Å². The minimum Gasteiger partial charge on any atom is -0.508 e. The highest BCUT2D eigenvalue weighted by atomic mass is 16.5. The molecule has 1 aromatic carbocycles. The van der Waals surface area contributed by atoms with Gasteiger partial charge in [0.25, 0.3) is 0 Å². The largest absolute Gasteiger partial charge is 0.508 e. The molecule has 94 valence electrons.